The Bertz CT molecular complexity index is 1800. The van der Waals surface area contributed by atoms with Crippen LogP contribution in [0.4, 0.5) is 13.2 Å². The summed E-state index contributed by atoms with van der Waals surface area (Å²) >= 11 is 7.82. The Morgan fingerprint density at radius 2 is 1.98 bits per heavy atom. The Labute approximate surface area is 254 Å². The molecule has 3 atom stereocenters. The number of hydrogen-bond donors (Lipinski definition) is 2. The van der Waals surface area contributed by atoms with Crippen molar-refractivity contribution in [3.8, 4) is 0 Å². The Morgan fingerprint density at radius 1 is 1.14 bits per heavy atom. The summed E-state index contributed by atoms with van der Waals surface area (Å²) in [5.74, 6) is -0.0989. The molecular formula is C27H24ClF3N8O2S2. The molecule has 0 saturated carbocycles. The van der Waals surface area contributed by atoms with Crippen molar-refractivity contribution in [3.05, 3.63) is 105 Å². The van der Waals surface area contributed by atoms with Gasteiger partial charge in [-0.05, 0) is 37.3 Å². The minimum absolute atomic E-state index is 0.0926. The van der Waals surface area contributed by atoms with Gasteiger partial charge < -0.3 is 4.90 Å². The lowest BCUT2D eigenvalue weighted by atomic mass is 9.92. The zero-order chi connectivity index (χ0) is 30.3. The summed E-state index contributed by atoms with van der Waals surface area (Å²) in [6, 6.07) is 8.44. The second-order valence-electron chi connectivity index (χ2n) is 9.90. The molecule has 43 heavy (non-hydrogen) atoms. The number of aromatic nitrogens is 4. The van der Waals surface area contributed by atoms with Gasteiger partial charge in [0.15, 0.2) is 10.8 Å². The number of thiazole rings is 1. The minimum Gasteiger partial charge on any atom is -0.326 e. The zero-order valence-electron chi connectivity index (χ0n) is 22.4. The minimum atomic E-state index is -4.02. The number of halogens is 4. The molecule has 1 unspecified atom stereocenters. The maximum atomic E-state index is 14.0. The number of amidine groups is 1. The van der Waals surface area contributed by atoms with Crippen molar-refractivity contribution >= 4 is 44.6 Å². The molecule has 6 rings (SSSR count). The van der Waals surface area contributed by atoms with Crippen molar-refractivity contribution in [3.63, 3.8) is 0 Å². The fourth-order valence-electron chi connectivity index (χ4n) is 5.21. The molecule has 5 heterocycles. The lowest BCUT2D eigenvalue weighted by Crippen LogP contribution is -2.45. The van der Waals surface area contributed by atoms with E-state index in [9.17, 15) is 21.6 Å². The predicted octanol–water partition coefficient (Wildman–Crippen LogP) is 5.09. The number of hydrogen-bond acceptors (Lipinski definition) is 8. The van der Waals surface area contributed by atoms with Gasteiger partial charge in [0.2, 0.25) is 0 Å². The Hall–Kier alpha value is -3.63. The number of pyridine rings is 1. The van der Waals surface area contributed by atoms with E-state index in [1.165, 1.54) is 29.5 Å². The van der Waals surface area contributed by atoms with Crippen molar-refractivity contribution in [2.24, 2.45) is 4.99 Å². The monoisotopic (exact) mass is 648 g/mol. The zero-order valence-corrected chi connectivity index (χ0v) is 24.8. The van der Waals surface area contributed by atoms with Crippen molar-refractivity contribution in [1.82, 2.24) is 34.1 Å². The number of nitrogens with one attached hydrogen (secondary N) is 2. The highest BCUT2D eigenvalue weighted by Crippen LogP contribution is 2.46. The molecular weight excluding hydrogens is 625 g/mol. The van der Waals surface area contributed by atoms with E-state index < -0.39 is 40.7 Å². The summed E-state index contributed by atoms with van der Waals surface area (Å²) in [4.78, 5) is 15.4. The van der Waals surface area contributed by atoms with Gasteiger partial charge in [-0.25, -0.2) is 14.1 Å². The first-order valence-electron chi connectivity index (χ1n) is 13.1. The fourth-order valence-corrected chi connectivity index (χ4v) is 7.37. The fraction of sp³-hybridized carbons (Fsp3) is 0.259. The molecule has 1 aromatic carbocycles. The summed E-state index contributed by atoms with van der Waals surface area (Å²) in [6.07, 6.45) is 4.52. The van der Waals surface area contributed by atoms with Gasteiger partial charge in [-0.2, -0.15) is 31.7 Å². The van der Waals surface area contributed by atoms with Crippen molar-refractivity contribution < 1.29 is 21.6 Å². The average molecular weight is 649 g/mol. The van der Waals surface area contributed by atoms with Crippen LogP contribution < -0.4 is 9.44 Å². The molecule has 0 aliphatic carbocycles. The van der Waals surface area contributed by atoms with E-state index in [2.05, 4.69) is 24.5 Å². The number of fused-ring (bicyclic) bond motifs is 1. The second kappa shape index (κ2) is 11.8. The molecule has 1 fully saturated rings. The van der Waals surface area contributed by atoms with Gasteiger partial charge >= 0.3 is 6.55 Å². The normalized spacial score (nSPS) is 19.6. The Kier molecular flexibility index (Phi) is 8.08. The van der Waals surface area contributed by atoms with E-state index in [4.69, 9.17) is 16.6 Å². The highest BCUT2D eigenvalue weighted by molar-refractivity contribution is 7.87. The molecule has 224 valence electrons. The third kappa shape index (κ3) is 6.08. The summed E-state index contributed by atoms with van der Waals surface area (Å²) in [5.41, 5.74) is 2.24. The molecule has 2 aliphatic heterocycles. The SMILES string of the molecule is CC(NS(=O)(=O)N[C@H]1CC2=C(c3ccn(C(F)F)n3)[C@H](c3ccc(F)cc3Cl)N=C(c3nccs3)N2C1)c1ccccn1. The molecule has 0 radical (unpaired) electrons. The largest absolute Gasteiger partial charge is 0.333 e. The summed E-state index contributed by atoms with van der Waals surface area (Å²) in [5, 5.41) is 6.53. The molecule has 10 nitrogen and oxygen atoms in total. The van der Waals surface area contributed by atoms with Crippen molar-refractivity contribution in [2.45, 2.75) is 38.0 Å². The van der Waals surface area contributed by atoms with Gasteiger partial charge in [0.05, 0.1) is 17.4 Å². The highest BCUT2D eigenvalue weighted by atomic mass is 35.5. The Morgan fingerprint density at radius 3 is 2.65 bits per heavy atom. The number of alkyl halides is 2. The first kappa shape index (κ1) is 29.4. The van der Waals surface area contributed by atoms with Crippen LogP contribution in [0.5, 0.6) is 0 Å². The molecule has 2 N–H and O–H groups in total. The second-order valence-corrected chi connectivity index (χ2v) is 12.7. The van der Waals surface area contributed by atoms with Crippen molar-refractivity contribution in [1.29, 1.82) is 0 Å². The predicted molar refractivity (Wildman–Crippen MR) is 156 cm³/mol. The smallest absolute Gasteiger partial charge is 0.326 e. The number of aliphatic imine (C=N–C) groups is 1. The molecule has 16 heteroatoms. The summed E-state index contributed by atoms with van der Waals surface area (Å²) < 4.78 is 73.4. The van der Waals surface area contributed by atoms with Crippen LogP contribution in [0.2, 0.25) is 5.02 Å². The van der Waals surface area contributed by atoms with Gasteiger partial charge in [-0.15, -0.1) is 11.3 Å². The van der Waals surface area contributed by atoms with Crippen LogP contribution in [-0.4, -0.2) is 51.5 Å². The molecule has 1 saturated heterocycles. The van der Waals surface area contributed by atoms with Crippen LogP contribution >= 0.6 is 22.9 Å². The Balaban J connectivity index is 1.41. The van der Waals surface area contributed by atoms with Gasteiger partial charge in [0.25, 0.3) is 10.2 Å². The quantitative estimate of drug-likeness (QED) is 0.261. The highest BCUT2D eigenvalue weighted by Gasteiger charge is 2.42. The molecule has 0 bridgehead atoms. The lowest BCUT2D eigenvalue weighted by Gasteiger charge is -2.32. The van der Waals surface area contributed by atoms with Crippen LogP contribution in [0.1, 0.15) is 53.9 Å². The van der Waals surface area contributed by atoms with Gasteiger partial charge in [0, 0.05) is 64.8 Å². The average Bonchev–Trinajstić information content (AvgIpc) is 3.73. The number of rotatable bonds is 9. The first-order chi connectivity index (χ1) is 20.6. The van der Waals surface area contributed by atoms with E-state index in [0.717, 1.165) is 12.3 Å². The van der Waals surface area contributed by atoms with E-state index in [1.807, 2.05) is 4.90 Å². The van der Waals surface area contributed by atoms with E-state index >= 15 is 0 Å². The summed E-state index contributed by atoms with van der Waals surface area (Å²) in [7, 11) is -4.02. The summed E-state index contributed by atoms with van der Waals surface area (Å²) in [6.45, 7) is -1.02. The third-order valence-electron chi connectivity index (χ3n) is 7.01. The molecule has 3 aromatic heterocycles. The molecule has 2 aliphatic rings. The maximum Gasteiger partial charge on any atom is 0.333 e. The topological polar surface area (TPSA) is 117 Å². The van der Waals surface area contributed by atoms with Crippen molar-refractivity contribution in [2.75, 3.05) is 6.54 Å². The first-order valence-corrected chi connectivity index (χ1v) is 15.8. The van der Waals surface area contributed by atoms with E-state index in [1.54, 1.807) is 42.9 Å². The maximum absolute atomic E-state index is 14.0. The van der Waals surface area contributed by atoms with Gasteiger partial charge in [-0.3, -0.25) is 9.98 Å². The number of nitrogens with zero attached hydrogens (tertiary/aromatic N) is 6. The molecule has 0 spiro atoms. The van der Waals surface area contributed by atoms with E-state index in [0.29, 0.717) is 38.1 Å². The van der Waals surface area contributed by atoms with E-state index in [-0.39, 0.29) is 23.7 Å². The molecule has 0 amide bonds. The standard InChI is InChI=1S/C27H24ClF3N8O2S2/c1-15(20-4-2-3-8-32-20)36-43(40,41)37-17-13-22-23(21-7-10-39(35-21)27(30)31)24(18-6-5-16(29)12-19(18)28)34-25(38(22)14-17)26-33-9-11-42-26/h2-12,15,17,24,27,36-37H,13-14H2,1H3/t15?,17-,24-/m0/s1. The van der Waals surface area contributed by atoms with Crippen LogP contribution in [0.15, 0.2) is 77.1 Å². The van der Waals surface area contributed by atoms with Crippen LogP contribution in [0.25, 0.3) is 5.57 Å². The lowest BCUT2D eigenvalue weighted by molar-refractivity contribution is 0.0564. The molecule has 4 aromatic rings. The van der Waals surface area contributed by atoms with Crippen LogP contribution in [-0.2, 0) is 10.2 Å². The third-order valence-corrected chi connectivity index (χ3v) is 9.41. The van der Waals surface area contributed by atoms with Crippen LogP contribution in [0.3, 0.4) is 0 Å². The van der Waals surface area contributed by atoms with Crippen LogP contribution in [0, 0.1) is 5.82 Å². The van der Waals surface area contributed by atoms with Gasteiger partial charge in [0.1, 0.15) is 11.9 Å². The van der Waals surface area contributed by atoms with Gasteiger partial charge in [-0.1, -0.05) is 23.7 Å². The number of benzene rings is 1.